The highest BCUT2D eigenvalue weighted by atomic mass is 19.4. The predicted octanol–water partition coefficient (Wildman–Crippen LogP) is 2.40. The molecule has 21 heavy (non-hydrogen) atoms. The highest BCUT2D eigenvalue weighted by molar-refractivity contribution is 5.98. The molecule has 2 rings (SSSR count). The maximum absolute atomic E-state index is 12.5. The molecule has 1 heterocycles. The van der Waals surface area contributed by atoms with E-state index >= 15 is 0 Å². The number of piperidine rings is 1. The molecule has 0 radical (unpaired) electrons. The van der Waals surface area contributed by atoms with Crippen LogP contribution in [0.5, 0.6) is 0 Å². The second kappa shape index (κ2) is 6.15. The van der Waals surface area contributed by atoms with E-state index in [1.54, 1.807) is 6.07 Å². The largest absolute Gasteiger partial charge is 0.393 e. The molecule has 1 aliphatic rings. The molecule has 7 heteroatoms. The van der Waals surface area contributed by atoms with E-state index in [9.17, 15) is 22.8 Å². The summed E-state index contributed by atoms with van der Waals surface area (Å²) in [7, 11) is 0. The lowest BCUT2D eigenvalue weighted by atomic mass is 10.0. The Balaban J connectivity index is 2.08. The Labute approximate surface area is 119 Å². The van der Waals surface area contributed by atoms with Crippen LogP contribution >= 0.6 is 0 Å². The summed E-state index contributed by atoms with van der Waals surface area (Å²) in [5.41, 5.74) is 0.125. The van der Waals surface area contributed by atoms with E-state index in [1.165, 1.54) is 18.2 Å². The van der Waals surface area contributed by atoms with Crippen LogP contribution in [0.1, 0.15) is 24.8 Å². The Morgan fingerprint density at radius 2 is 2.05 bits per heavy atom. The zero-order valence-corrected chi connectivity index (χ0v) is 11.2. The summed E-state index contributed by atoms with van der Waals surface area (Å²) in [6.07, 6.45) is -4.01. The second-order valence-electron chi connectivity index (χ2n) is 4.95. The van der Waals surface area contributed by atoms with Gasteiger partial charge in [0, 0.05) is 12.1 Å². The van der Waals surface area contributed by atoms with Crippen molar-refractivity contribution in [2.45, 2.75) is 37.9 Å². The minimum atomic E-state index is -4.35. The van der Waals surface area contributed by atoms with E-state index in [2.05, 4.69) is 10.6 Å². The summed E-state index contributed by atoms with van der Waals surface area (Å²) >= 11 is 0. The van der Waals surface area contributed by atoms with Crippen LogP contribution in [0.2, 0.25) is 0 Å². The van der Waals surface area contributed by atoms with Gasteiger partial charge in [-0.3, -0.25) is 9.59 Å². The Hall–Kier alpha value is -2.05. The molecule has 4 nitrogen and oxygen atoms in total. The average molecular weight is 300 g/mol. The van der Waals surface area contributed by atoms with Crippen molar-refractivity contribution in [3.8, 4) is 0 Å². The van der Waals surface area contributed by atoms with E-state index in [1.807, 2.05) is 0 Å². The van der Waals surface area contributed by atoms with Crippen molar-refractivity contribution in [1.29, 1.82) is 0 Å². The van der Waals surface area contributed by atoms with Gasteiger partial charge >= 0.3 is 6.18 Å². The van der Waals surface area contributed by atoms with Crippen LogP contribution in [0.4, 0.5) is 18.9 Å². The molecule has 114 valence electrons. The standard InChI is InChI=1S/C14H15F3N2O2/c15-14(16,17)8-9-4-1-2-5-10(9)19-13(21)11-6-3-7-12(20)18-11/h1-2,4-5,11H,3,6-8H2,(H,18,20)(H,19,21)/t11-/m1/s1. The van der Waals surface area contributed by atoms with Gasteiger partial charge in [0.25, 0.3) is 0 Å². The van der Waals surface area contributed by atoms with Crippen molar-refractivity contribution in [2.24, 2.45) is 0 Å². The Kier molecular flexibility index (Phi) is 4.50. The smallest absolute Gasteiger partial charge is 0.344 e. The predicted molar refractivity (Wildman–Crippen MR) is 70.6 cm³/mol. The molecule has 1 aromatic rings. The van der Waals surface area contributed by atoms with Crippen LogP contribution in [-0.4, -0.2) is 24.0 Å². The third kappa shape index (κ3) is 4.47. The molecule has 0 saturated carbocycles. The zero-order valence-electron chi connectivity index (χ0n) is 11.2. The SMILES string of the molecule is O=C1CCC[C@H](C(=O)Nc2ccccc2CC(F)(F)F)N1. The number of carbonyl (C=O) groups excluding carboxylic acids is 2. The lowest BCUT2D eigenvalue weighted by molar-refractivity contribution is -0.128. The van der Waals surface area contributed by atoms with Crippen LogP contribution in [0, 0.1) is 0 Å². The molecule has 0 aliphatic carbocycles. The van der Waals surface area contributed by atoms with E-state index in [-0.39, 0.29) is 17.2 Å². The molecular weight excluding hydrogens is 285 g/mol. The van der Waals surface area contributed by atoms with Crippen LogP contribution in [0.3, 0.4) is 0 Å². The maximum atomic E-state index is 12.5. The molecule has 1 aliphatic heterocycles. The number of hydrogen-bond donors (Lipinski definition) is 2. The van der Waals surface area contributed by atoms with Gasteiger partial charge in [0.2, 0.25) is 11.8 Å². The highest BCUT2D eigenvalue weighted by Gasteiger charge is 2.30. The maximum Gasteiger partial charge on any atom is 0.393 e. The minimum absolute atomic E-state index is 0.000450. The minimum Gasteiger partial charge on any atom is -0.344 e. The van der Waals surface area contributed by atoms with Crippen LogP contribution in [0.25, 0.3) is 0 Å². The number of rotatable bonds is 3. The molecule has 0 aromatic heterocycles. The molecule has 0 bridgehead atoms. The van der Waals surface area contributed by atoms with Crippen molar-refractivity contribution in [3.63, 3.8) is 0 Å². The van der Waals surface area contributed by atoms with Gasteiger partial charge in [0.15, 0.2) is 0 Å². The molecule has 1 saturated heterocycles. The van der Waals surface area contributed by atoms with Gasteiger partial charge in [-0.15, -0.1) is 0 Å². The number of alkyl halides is 3. The first-order valence-electron chi connectivity index (χ1n) is 6.60. The Bertz CT molecular complexity index is 543. The number of amides is 2. The number of benzene rings is 1. The van der Waals surface area contributed by atoms with Gasteiger partial charge in [-0.1, -0.05) is 18.2 Å². The topological polar surface area (TPSA) is 58.2 Å². The van der Waals surface area contributed by atoms with Crippen molar-refractivity contribution in [1.82, 2.24) is 5.32 Å². The van der Waals surface area contributed by atoms with E-state index < -0.39 is 24.5 Å². The van der Waals surface area contributed by atoms with E-state index in [0.717, 1.165) is 0 Å². The summed E-state index contributed by atoms with van der Waals surface area (Å²) < 4.78 is 37.5. The number of anilines is 1. The first kappa shape index (κ1) is 15.3. The van der Waals surface area contributed by atoms with Crippen molar-refractivity contribution in [3.05, 3.63) is 29.8 Å². The summed E-state index contributed by atoms with van der Waals surface area (Å²) in [5, 5.41) is 5.00. The van der Waals surface area contributed by atoms with Crippen LogP contribution in [-0.2, 0) is 16.0 Å². The first-order chi connectivity index (χ1) is 9.85. The summed E-state index contributed by atoms with van der Waals surface area (Å²) in [4.78, 5) is 23.3. The number of halogens is 3. The second-order valence-corrected chi connectivity index (χ2v) is 4.95. The lowest BCUT2D eigenvalue weighted by Crippen LogP contribution is -2.46. The van der Waals surface area contributed by atoms with Gasteiger partial charge < -0.3 is 10.6 Å². The Morgan fingerprint density at radius 3 is 2.71 bits per heavy atom. The van der Waals surface area contributed by atoms with E-state index in [4.69, 9.17) is 0 Å². The average Bonchev–Trinajstić information content (AvgIpc) is 2.39. The molecule has 2 amide bonds. The van der Waals surface area contributed by atoms with Gasteiger partial charge in [-0.2, -0.15) is 13.2 Å². The summed E-state index contributed by atoms with van der Waals surface area (Å²) in [6, 6.07) is 5.09. The quantitative estimate of drug-likeness (QED) is 0.900. The van der Waals surface area contributed by atoms with Crippen molar-refractivity contribution in [2.75, 3.05) is 5.32 Å². The molecule has 0 unspecified atom stereocenters. The highest BCUT2D eigenvalue weighted by Crippen LogP contribution is 2.26. The zero-order chi connectivity index (χ0) is 15.5. The van der Waals surface area contributed by atoms with Gasteiger partial charge in [0.1, 0.15) is 6.04 Å². The van der Waals surface area contributed by atoms with Crippen LogP contribution < -0.4 is 10.6 Å². The third-order valence-corrected chi connectivity index (χ3v) is 3.21. The molecule has 1 aromatic carbocycles. The normalized spacial score (nSPS) is 19.0. The fourth-order valence-electron chi connectivity index (χ4n) is 2.23. The third-order valence-electron chi connectivity index (χ3n) is 3.21. The fourth-order valence-corrected chi connectivity index (χ4v) is 2.23. The van der Waals surface area contributed by atoms with Gasteiger partial charge in [-0.25, -0.2) is 0 Å². The molecule has 1 fully saturated rings. The van der Waals surface area contributed by atoms with Gasteiger partial charge in [0.05, 0.1) is 6.42 Å². The van der Waals surface area contributed by atoms with E-state index in [0.29, 0.717) is 19.3 Å². The Morgan fingerprint density at radius 1 is 1.33 bits per heavy atom. The number of hydrogen-bond acceptors (Lipinski definition) is 2. The number of carbonyl (C=O) groups is 2. The molecule has 2 N–H and O–H groups in total. The molecule has 1 atom stereocenters. The number of para-hydroxylation sites is 1. The van der Waals surface area contributed by atoms with Crippen molar-refractivity contribution < 1.29 is 22.8 Å². The summed E-state index contributed by atoms with van der Waals surface area (Å²) in [5.74, 6) is -0.706. The molecule has 0 spiro atoms. The first-order valence-corrected chi connectivity index (χ1v) is 6.60. The monoisotopic (exact) mass is 300 g/mol. The van der Waals surface area contributed by atoms with Gasteiger partial charge in [-0.05, 0) is 24.5 Å². The number of nitrogens with one attached hydrogen (secondary N) is 2. The fraction of sp³-hybridized carbons (Fsp3) is 0.429. The van der Waals surface area contributed by atoms with Crippen LogP contribution in [0.15, 0.2) is 24.3 Å². The van der Waals surface area contributed by atoms with Crippen molar-refractivity contribution >= 4 is 17.5 Å². The molecular formula is C14H15F3N2O2. The lowest BCUT2D eigenvalue weighted by Gasteiger charge is -2.23. The summed E-state index contributed by atoms with van der Waals surface area (Å²) in [6.45, 7) is 0.